The number of ether oxygens (including phenoxy) is 1. The highest BCUT2D eigenvalue weighted by atomic mass is 16.5. The molecule has 4 heterocycles. The van der Waals surface area contributed by atoms with Crippen LogP contribution in [0.15, 0.2) is 72.8 Å². The standard InChI is InChI=1S/C33H37N3O5/c1-5-23(20-37)36-28-31(40)35(27-21(2)12-9-13-22(27)3)19-11-17-33(28)26(30(36)39)25-29(38)34(24-14-7-6-8-15-24)18-10-16-32(25,4)41-33/h6-17,23,25-26,28,37H,5,18-20H2,1-4H3/t23-,25+,26-,28?,32-,33-/m0/s1. The van der Waals surface area contributed by atoms with E-state index in [-0.39, 0.29) is 24.3 Å². The fourth-order valence-corrected chi connectivity index (χ4v) is 7.54. The van der Waals surface area contributed by atoms with Crippen molar-refractivity contribution in [1.29, 1.82) is 0 Å². The second-order valence-corrected chi connectivity index (χ2v) is 11.8. The lowest BCUT2D eigenvalue weighted by atomic mass is 9.74. The van der Waals surface area contributed by atoms with E-state index in [1.165, 1.54) is 4.90 Å². The zero-order valence-corrected chi connectivity index (χ0v) is 24.0. The predicted molar refractivity (Wildman–Crippen MR) is 156 cm³/mol. The molecule has 0 aromatic heterocycles. The van der Waals surface area contributed by atoms with Crippen LogP contribution < -0.4 is 9.80 Å². The summed E-state index contributed by atoms with van der Waals surface area (Å²) in [6.45, 7) is 8.02. The average Bonchev–Trinajstić information content (AvgIpc) is 3.23. The molecule has 2 aromatic carbocycles. The first kappa shape index (κ1) is 27.4. The van der Waals surface area contributed by atoms with Crippen LogP contribution in [-0.2, 0) is 19.1 Å². The lowest BCUT2D eigenvalue weighted by Crippen LogP contribution is -2.59. The van der Waals surface area contributed by atoms with Gasteiger partial charge in [0.2, 0.25) is 11.8 Å². The van der Waals surface area contributed by atoms with Crippen LogP contribution in [0, 0.1) is 25.7 Å². The lowest BCUT2D eigenvalue weighted by molar-refractivity contribution is -0.148. The number of likely N-dealkylation sites (tertiary alicyclic amines) is 1. The maximum atomic E-state index is 14.7. The molecule has 214 valence electrons. The number of fused-ring (bicyclic) bond motifs is 2. The maximum absolute atomic E-state index is 14.7. The van der Waals surface area contributed by atoms with E-state index in [0.29, 0.717) is 19.5 Å². The summed E-state index contributed by atoms with van der Waals surface area (Å²) in [5, 5.41) is 10.4. The number of carbonyl (C=O) groups is 3. The molecule has 4 aliphatic rings. The van der Waals surface area contributed by atoms with Crippen LogP contribution in [0.1, 0.15) is 31.4 Å². The quantitative estimate of drug-likeness (QED) is 0.570. The minimum atomic E-state index is -1.37. The SMILES string of the molecule is CC[C@@H](CO)N1C(=O)[C@@H]2[C@@H]3C(=O)N(c4ccccc4)CC=C[C@]3(C)O[C@@]23C=CCN(c2c(C)cccc2C)C(=O)C13. The molecule has 8 heteroatoms. The molecule has 1 spiro atoms. The Hall–Kier alpha value is -3.75. The third kappa shape index (κ3) is 3.91. The number of nitrogens with zero attached hydrogens (tertiary/aromatic N) is 3. The number of aryl methyl sites for hydroxylation is 2. The summed E-state index contributed by atoms with van der Waals surface area (Å²) in [6, 6.07) is 13.7. The summed E-state index contributed by atoms with van der Waals surface area (Å²) in [5.74, 6) is -2.61. The minimum absolute atomic E-state index is 0.215. The second kappa shape index (κ2) is 9.96. The molecule has 0 bridgehead atoms. The second-order valence-electron chi connectivity index (χ2n) is 11.8. The number of hydrogen-bond acceptors (Lipinski definition) is 5. The van der Waals surface area contributed by atoms with Crippen molar-refractivity contribution in [3.05, 3.63) is 84.0 Å². The van der Waals surface area contributed by atoms with Gasteiger partial charge in [-0.1, -0.05) is 67.6 Å². The number of rotatable bonds is 5. The third-order valence-corrected chi connectivity index (χ3v) is 9.35. The number of benzene rings is 2. The minimum Gasteiger partial charge on any atom is -0.394 e. The van der Waals surface area contributed by atoms with E-state index in [4.69, 9.17) is 4.74 Å². The summed E-state index contributed by atoms with van der Waals surface area (Å²) in [7, 11) is 0. The van der Waals surface area contributed by atoms with Gasteiger partial charge in [-0.05, 0) is 50.5 Å². The zero-order valence-electron chi connectivity index (χ0n) is 24.0. The first-order valence-electron chi connectivity index (χ1n) is 14.4. The molecule has 4 aliphatic heterocycles. The van der Waals surface area contributed by atoms with Gasteiger partial charge in [-0.3, -0.25) is 14.4 Å². The third-order valence-electron chi connectivity index (χ3n) is 9.35. The lowest BCUT2D eigenvalue weighted by Gasteiger charge is -2.40. The van der Waals surface area contributed by atoms with E-state index < -0.39 is 35.1 Å². The van der Waals surface area contributed by atoms with E-state index in [9.17, 15) is 19.5 Å². The van der Waals surface area contributed by atoms with Gasteiger partial charge in [-0.15, -0.1) is 0 Å². The summed E-state index contributed by atoms with van der Waals surface area (Å²) >= 11 is 0. The number of aliphatic hydroxyl groups excluding tert-OH is 1. The highest BCUT2D eigenvalue weighted by molar-refractivity contribution is 6.08. The van der Waals surface area contributed by atoms with Crippen molar-refractivity contribution in [3.8, 4) is 0 Å². The van der Waals surface area contributed by atoms with Gasteiger partial charge in [0.05, 0.1) is 30.1 Å². The van der Waals surface area contributed by atoms with Gasteiger partial charge in [0.25, 0.3) is 5.91 Å². The van der Waals surface area contributed by atoms with Crippen molar-refractivity contribution in [2.75, 3.05) is 29.5 Å². The Bertz CT molecular complexity index is 1430. The number of para-hydroxylation sites is 2. The first-order chi connectivity index (χ1) is 19.7. The van der Waals surface area contributed by atoms with Crippen molar-refractivity contribution in [3.63, 3.8) is 0 Å². The van der Waals surface area contributed by atoms with Crippen LogP contribution >= 0.6 is 0 Å². The highest BCUT2D eigenvalue weighted by Gasteiger charge is 2.75. The Labute approximate surface area is 240 Å². The molecule has 8 nitrogen and oxygen atoms in total. The molecule has 0 aliphatic carbocycles. The molecule has 41 heavy (non-hydrogen) atoms. The maximum Gasteiger partial charge on any atom is 0.253 e. The molecule has 2 saturated heterocycles. The number of carbonyl (C=O) groups excluding carboxylic acids is 3. The molecule has 1 N–H and O–H groups in total. The van der Waals surface area contributed by atoms with Crippen molar-refractivity contribution in [1.82, 2.24) is 4.90 Å². The molecule has 0 saturated carbocycles. The zero-order chi connectivity index (χ0) is 29.1. The number of amides is 3. The fourth-order valence-electron chi connectivity index (χ4n) is 7.54. The van der Waals surface area contributed by atoms with Crippen molar-refractivity contribution < 1.29 is 24.2 Å². The molecular weight excluding hydrogens is 518 g/mol. The molecule has 2 fully saturated rings. The topological polar surface area (TPSA) is 90.4 Å². The Kier molecular flexibility index (Phi) is 6.66. The van der Waals surface area contributed by atoms with E-state index in [1.807, 2.05) is 101 Å². The first-order valence-corrected chi connectivity index (χ1v) is 14.4. The van der Waals surface area contributed by atoms with Gasteiger partial charge in [-0.25, -0.2) is 0 Å². The Balaban J connectivity index is 1.52. The number of anilines is 2. The fraction of sp³-hybridized carbons (Fsp3) is 0.424. The van der Waals surface area contributed by atoms with E-state index in [2.05, 4.69) is 0 Å². The summed E-state index contributed by atoms with van der Waals surface area (Å²) in [5.41, 5.74) is 0.959. The highest BCUT2D eigenvalue weighted by Crippen LogP contribution is 2.58. The molecule has 2 aromatic rings. The van der Waals surface area contributed by atoms with Crippen LogP contribution in [0.5, 0.6) is 0 Å². The van der Waals surface area contributed by atoms with Gasteiger partial charge in [0.1, 0.15) is 11.6 Å². The number of aliphatic hydroxyl groups is 1. The monoisotopic (exact) mass is 555 g/mol. The van der Waals surface area contributed by atoms with E-state index >= 15 is 0 Å². The van der Waals surface area contributed by atoms with Crippen molar-refractivity contribution >= 4 is 29.1 Å². The molecular formula is C33H37N3O5. The van der Waals surface area contributed by atoms with Crippen LogP contribution in [0.2, 0.25) is 0 Å². The van der Waals surface area contributed by atoms with Crippen LogP contribution in [0.3, 0.4) is 0 Å². The summed E-state index contributed by atoms with van der Waals surface area (Å²) < 4.78 is 6.93. The molecule has 3 amide bonds. The van der Waals surface area contributed by atoms with Gasteiger partial charge in [0.15, 0.2) is 0 Å². The van der Waals surface area contributed by atoms with Crippen LogP contribution in [0.25, 0.3) is 0 Å². The Morgan fingerprint density at radius 1 is 0.878 bits per heavy atom. The molecule has 1 unspecified atom stereocenters. The molecule has 6 atom stereocenters. The van der Waals surface area contributed by atoms with Gasteiger partial charge >= 0.3 is 0 Å². The molecule has 6 rings (SSSR count). The Morgan fingerprint density at radius 3 is 2.20 bits per heavy atom. The van der Waals surface area contributed by atoms with Crippen LogP contribution in [0.4, 0.5) is 11.4 Å². The predicted octanol–water partition coefficient (Wildman–Crippen LogP) is 3.55. The van der Waals surface area contributed by atoms with Gasteiger partial charge in [0, 0.05) is 24.5 Å². The van der Waals surface area contributed by atoms with Crippen molar-refractivity contribution in [2.24, 2.45) is 11.8 Å². The largest absolute Gasteiger partial charge is 0.394 e. The normalized spacial score (nSPS) is 31.6. The Morgan fingerprint density at radius 2 is 1.54 bits per heavy atom. The summed E-state index contributed by atoms with van der Waals surface area (Å²) in [6.07, 6.45) is 7.99. The van der Waals surface area contributed by atoms with E-state index in [0.717, 1.165) is 22.5 Å². The molecule has 0 radical (unpaired) electrons. The average molecular weight is 556 g/mol. The van der Waals surface area contributed by atoms with Gasteiger partial charge < -0.3 is 24.5 Å². The van der Waals surface area contributed by atoms with Gasteiger partial charge in [-0.2, -0.15) is 0 Å². The van der Waals surface area contributed by atoms with E-state index in [1.54, 1.807) is 9.80 Å². The number of hydrogen-bond donors (Lipinski definition) is 1. The van der Waals surface area contributed by atoms with Crippen molar-refractivity contribution in [2.45, 2.75) is 57.4 Å². The summed E-state index contributed by atoms with van der Waals surface area (Å²) in [4.78, 5) is 48.7. The van der Waals surface area contributed by atoms with Crippen LogP contribution in [-0.4, -0.2) is 70.7 Å². The smallest absolute Gasteiger partial charge is 0.253 e.